The van der Waals surface area contributed by atoms with Gasteiger partial charge in [-0.15, -0.1) is 5.10 Å². The van der Waals surface area contributed by atoms with Crippen LogP contribution in [-0.4, -0.2) is 45.2 Å². The third-order valence-corrected chi connectivity index (χ3v) is 5.23. The molecule has 3 aromatic rings. The van der Waals surface area contributed by atoms with Gasteiger partial charge in [0.25, 0.3) is 17.5 Å². The van der Waals surface area contributed by atoms with Crippen LogP contribution in [0, 0.1) is 13.8 Å². The number of nitrogens with one attached hydrogen (secondary N) is 1. The van der Waals surface area contributed by atoms with Crippen molar-refractivity contribution in [3.63, 3.8) is 0 Å². The number of ether oxygens (including phenoxy) is 2. The van der Waals surface area contributed by atoms with Gasteiger partial charge >= 0.3 is 12.1 Å². The average molecular weight is 479 g/mol. The van der Waals surface area contributed by atoms with Gasteiger partial charge in [0, 0.05) is 23.4 Å². The lowest BCUT2D eigenvalue weighted by Gasteiger charge is -2.17. The lowest BCUT2D eigenvalue weighted by atomic mass is 10.1. The molecule has 1 atom stereocenters. The van der Waals surface area contributed by atoms with Crippen LogP contribution in [0.1, 0.15) is 47.7 Å². The quantitative estimate of drug-likeness (QED) is 0.495. The number of amides is 1. The zero-order chi connectivity index (χ0) is 25.0. The standard InChI is InChI=1S/C22H24F3N5O4/c1-12-15(14(3)30-21(27-12)28-20(29-30)22(23,24)25)9-10-19(32)34-11-18(31)26-13(2)16-7-5-6-8-17(16)33-4/h5-8,13H,9-11H2,1-4H3,(H,26,31). The third kappa shape index (κ3) is 5.61. The molecule has 34 heavy (non-hydrogen) atoms. The van der Waals surface area contributed by atoms with Gasteiger partial charge in [0.05, 0.1) is 13.2 Å². The van der Waals surface area contributed by atoms with Gasteiger partial charge in [-0.1, -0.05) is 18.2 Å². The molecule has 0 radical (unpaired) electrons. The summed E-state index contributed by atoms with van der Waals surface area (Å²) in [6, 6.07) is 6.86. The lowest BCUT2D eigenvalue weighted by Crippen LogP contribution is -2.31. The van der Waals surface area contributed by atoms with E-state index in [-0.39, 0.29) is 24.7 Å². The van der Waals surface area contributed by atoms with Crippen molar-refractivity contribution in [3.8, 4) is 5.75 Å². The molecule has 0 aliphatic carbocycles. The summed E-state index contributed by atoms with van der Waals surface area (Å²) in [7, 11) is 1.53. The van der Waals surface area contributed by atoms with Crippen LogP contribution in [-0.2, 0) is 26.9 Å². The van der Waals surface area contributed by atoms with Crippen molar-refractivity contribution in [1.29, 1.82) is 0 Å². The Morgan fingerprint density at radius 1 is 1.18 bits per heavy atom. The number of para-hydroxylation sites is 1. The number of esters is 1. The van der Waals surface area contributed by atoms with E-state index in [1.807, 2.05) is 18.2 Å². The highest BCUT2D eigenvalue weighted by molar-refractivity contribution is 5.81. The van der Waals surface area contributed by atoms with Gasteiger partial charge in [0.15, 0.2) is 6.61 Å². The number of aromatic nitrogens is 4. The van der Waals surface area contributed by atoms with Crippen molar-refractivity contribution in [3.05, 3.63) is 52.6 Å². The number of carbonyl (C=O) groups excluding carboxylic acids is 2. The van der Waals surface area contributed by atoms with Gasteiger partial charge in [0.1, 0.15) is 5.75 Å². The van der Waals surface area contributed by atoms with Gasteiger partial charge in [-0.3, -0.25) is 9.59 Å². The molecule has 0 fully saturated rings. The minimum absolute atomic E-state index is 0.0922. The van der Waals surface area contributed by atoms with Crippen molar-refractivity contribution < 1.29 is 32.2 Å². The van der Waals surface area contributed by atoms with E-state index in [0.29, 0.717) is 22.7 Å². The predicted molar refractivity (Wildman–Crippen MR) is 114 cm³/mol. The van der Waals surface area contributed by atoms with Crippen molar-refractivity contribution >= 4 is 17.7 Å². The number of carbonyl (C=O) groups is 2. The van der Waals surface area contributed by atoms with E-state index in [9.17, 15) is 22.8 Å². The molecule has 0 aliphatic heterocycles. The third-order valence-electron chi connectivity index (χ3n) is 5.23. The largest absolute Gasteiger partial charge is 0.496 e. The Hall–Kier alpha value is -3.70. The monoisotopic (exact) mass is 479 g/mol. The average Bonchev–Trinajstić information content (AvgIpc) is 3.22. The van der Waals surface area contributed by atoms with E-state index in [2.05, 4.69) is 20.4 Å². The molecule has 182 valence electrons. The number of nitrogens with zero attached hydrogens (tertiary/aromatic N) is 4. The molecule has 0 saturated carbocycles. The summed E-state index contributed by atoms with van der Waals surface area (Å²) in [5.74, 6) is -1.95. The molecule has 1 unspecified atom stereocenters. The SMILES string of the molecule is COc1ccccc1C(C)NC(=O)COC(=O)CCc1c(C)nc2nc(C(F)(F)F)nn2c1C. The Balaban J connectivity index is 1.57. The van der Waals surface area contributed by atoms with Gasteiger partial charge in [-0.2, -0.15) is 18.2 Å². The summed E-state index contributed by atoms with van der Waals surface area (Å²) in [5.41, 5.74) is 2.15. The first-order valence-electron chi connectivity index (χ1n) is 10.4. The van der Waals surface area contributed by atoms with Crippen LogP contribution in [0.3, 0.4) is 0 Å². The van der Waals surface area contributed by atoms with E-state index in [1.54, 1.807) is 26.8 Å². The molecule has 3 rings (SSSR count). The number of halogens is 3. The zero-order valence-electron chi connectivity index (χ0n) is 19.1. The van der Waals surface area contributed by atoms with Crippen LogP contribution in [0.25, 0.3) is 5.78 Å². The maximum atomic E-state index is 12.9. The van der Waals surface area contributed by atoms with E-state index < -0.39 is 30.5 Å². The lowest BCUT2D eigenvalue weighted by molar-refractivity contribution is -0.148. The van der Waals surface area contributed by atoms with Crippen molar-refractivity contribution in [2.24, 2.45) is 0 Å². The molecular weight excluding hydrogens is 455 g/mol. The van der Waals surface area contributed by atoms with Crippen molar-refractivity contribution in [1.82, 2.24) is 24.9 Å². The van der Waals surface area contributed by atoms with Crippen LogP contribution >= 0.6 is 0 Å². The molecule has 0 spiro atoms. The molecule has 1 N–H and O–H groups in total. The Labute approximate surface area is 193 Å². The first-order chi connectivity index (χ1) is 16.0. The normalized spacial score (nSPS) is 12.4. The number of rotatable bonds is 8. The topological polar surface area (TPSA) is 108 Å². The number of methoxy groups -OCH3 is 1. The van der Waals surface area contributed by atoms with Crippen LogP contribution in [0.15, 0.2) is 24.3 Å². The van der Waals surface area contributed by atoms with Crippen molar-refractivity contribution in [2.45, 2.75) is 45.8 Å². The van der Waals surface area contributed by atoms with Crippen LogP contribution in [0.5, 0.6) is 5.75 Å². The zero-order valence-corrected chi connectivity index (χ0v) is 19.1. The second kappa shape index (κ2) is 10.1. The Morgan fingerprint density at radius 2 is 1.88 bits per heavy atom. The molecule has 1 amide bonds. The second-order valence-corrected chi connectivity index (χ2v) is 7.60. The van der Waals surface area contributed by atoms with Crippen LogP contribution in [0.4, 0.5) is 13.2 Å². The summed E-state index contributed by atoms with van der Waals surface area (Å²) in [4.78, 5) is 31.8. The second-order valence-electron chi connectivity index (χ2n) is 7.60. The number of alkyl halides is 3. The molecule has 2 aromatic heterocycles. The number of fused-ring (bicyclic) bond motifs is 1. The van der Waals surface area contributed by atoms with Gasteiger partial charge < -0.3 is 14.8 Å². The number of benzene rings is 1. The highest BCUT2D eigenvalue weighted by Crippen LogP contribution is 2.27. The van der Waals surface area contributed by atoms with Gasteiger partial charge in [-0.25, -0.2) is 9.50 Å². The molecule has 0 aliphatic rings. The fourth-order valence-corrected chi connectivity index (χ4v) is 3.52. The fourth-order valence-electron chi connectivity index (χ4n) is 3.52. The molecule has 2 heterocycles. The number of aryl methyl sites for hydroxylation is 2. The van der Waals surface area contributed by atoms with E-state index >= 15 is 0 Å². The summed E-state index contributed by atoms with van der Waals surface area (Å²) >= 11 is 0. The predicted octanol–water partition coefficient (Wildman–Crippen LogP) is 3.12. The molecule has 0 saturated heterocycles. The Bertz CT molecular complexity index is 1210. The first kappa shape index (κ1) is 24.9. The molecule has 0 bridgehead atoms. The molecule has 9 nitrogen and oxygen atoms in total. The molecule has 1 aromatic carbocycles. The number of hydrogen-bond acceptors (Lipinski definition) is 7. The van der Waals surface area contributed by atoms with Crippen LogP contribution < -0.4 is 10.1 Å². The van der Waals surface area contributed by atoms with Gasteiger partial charge in [0.2, 0.25) is 0 Å². The maximum absolute atomic E-state index is 12.9. The fraction of sp³-hybridized carbons (Fsp3) is 0.409. The first-order valence-corrected chi connectivity index (χ1v) is 10.4. The Morgan fingerprint density at radius 3 is 2.56 bits per heavy atom. The minimum Gasteiger partial charge on any atom is -0.496 e. The highest BCUT2D eigenvalue weighted by Gasteiger charge is 2.37. The Kier molecular flexibility index (Phi) is 7.38. The van der Waals surface area contributed by atoms with E-state index in [4.69, 9.17) is 9.47 Å². The van der Waals surface area contributed by atoms with Crippen LogP contribution in [0.2, 0.25) is 0 Å². The summed E-state index contributed by atoms with van der Waals surface area (Å²) in [6.45, 7) is 4.50. The summed E-state index contributed by atoms with van der Waals surface area (Å²) in [5, 5.41) is 6.21. The highest BCUT2D eigenvalue weighted by atomic mass is 19.4. The smallest absolute Gasteiger partial charge is 0.453 e. The van der Waals surface area contributed by atoms with Gasteiger partial charge in [-0.05, 0) is 38.8 Å². The summed E-state index contributed by atoms with van der Waals surface area (Å²) in [6.07, 6.45) is -4.63. The summed E-state index contributed by atoms with van der Waals surface area (Å²) < 4.78 is 50.1. The minimum atomic E-state index is -4.69. The van der Waals surface area contributed by atoms with E-state index in [1.165, 1.54) is 7.11 Å². The van der Waals surface area contributed by atoms with E-state index in [0.717, 1.165) is 10.1 Å². The number of hydrogen-bond donors (Lipinski definition) is 1. The van der Waals surface area contributed by atoms with Crippen molar-refractivity contribution in [2.75, 3.05) is 13.7 Å². The molecular formula is C22H24F3N5O4. The maximum Gasteiger partial charge on any atom is 0.453 e. The molecule has 12 heteroatoms.